The van der Waals surface area contributed by atoms with E-state index in [1.807, 2.05) is 58.5 Å². The molecule has 7 nitrogen and oxygen atoms in total. The van der Waals surface area contributed by atoms with Gasteiger partial charge in [0, 0.05) is 24.2 Å². The molecule has 0 unspecified atom stereocenters. The van der Waals surface area contributed by atoms with Crippen molar-refractivity contribution < 1.29 is 14.3 Å². The van der Waals surface area contributed by atoms with Gasteiger partial charge in [-0.2, -0.15) is 0 Å². The van der Waals surface area contributed by atoms with E-state index in [0.29, 0.717) is 35.3 Å². The summed E-state index contributed by atoms with van der Waals surface area (Å²) in [6.07, 6.45) is 1.40. The quantitative estimate of drug-likeness (QED) is 0.252. The molecule has 172 valence electrons. The molecule has 1 saturated heterocycles. The number of anilines is 1. The van der Waals surface area contributed by atoms with Gasteiger partial charge in [-0.05, 0) is 42.1 Å². The Labute approximate surface area is 205 Å². The summed E-state index contributed by atoms with van der Waals surface area (Å²) < 4.78 is 7.51. The standard InChI is InChI=1S/C25H22N4O3S2/c1-32-21-10-3-2-9-19(21)29-24(22-11-6-14-33-22)26-27-25(29)34-16-20(30)17-7-4-8-18(15-17)28-13-5-12-23(28)31/h2-4,6-11,14-15H,5,12-13,16H2,1H3. The normalized spacial score (nSPS) is 13.4. The van der Waals surface area contributed by atoms with Crippen LogP contribution in [0.5, 0.6) is 5.75 Å². The first kappa shape index (κ1) is 22.4. The van der Waals surface area contributed by atoms with E-state index in [4.69, 9.17) is 4.74 Å². The predicted octanol–water partition coefficient (Wildman–Crippen LogP) is 5.11. The maximum atomic E-state index is 13.1. The van der Waals surface area contributed by atoms with Crippen LogP contribution < -0.4 is 9.64 Å². The number of hydrogen-bond acceptors (Lipinski definition) is 7. The second-order valence-electron chi connectivity index (χ2n) is 7.70. The van der Waals surface area contributed by atoms with Gasteiger partial charge in [0.05, 0.1) is 23.4 Å². The van der Waals surface area contributed by atoms with Crippen molar-refractivity contribution in [3.05, 3.63) is 71.6 Å². The number of Topliss-reactive ketones (excluding diaryl/α,β-unsaturated/α-hetero) is 1. The molecule has 0 aliphatic carbocycles. The molecular formula is C25H22N4O3S2. The third-order valence-corrected chi connectivity index (χ3v) is 7.38. The SMILES string of the molecule is COc1ccccc1-n1c(SCC(=O)c2cccc(N3CCCC3=O)c2)nnc1-c1cccs1. The molecule has 1 aliphatic heterocycles. The van der Waals surface area contributed by atoms with Gasteiger partial charge in [0.25, 0.3) is 0 Å². The molecule has 0 atom stereocenters. The zero-order chi connectivity index (χ0) is 23.5. The summed E-state index contributed by atoms with van der Waals surface area (Å²) >= 11 is 2.90. The summed E-state index contributed by atoms with van der Waals surface area (Å²) in [6, 6.07) is 18.9. The summed E-state index contributed by atoms with van der Waals surface area (Å²) in [4.78, 5) is 27.9. The number of ketones is 1. The average Bonchev–Trinajstić information content (AvgIpc) is 3.63. The summed E-state index contributed by atoms with van der Waals surface area (Å²) in [5.41, 5.74) is 2.16. The first-order valence-electron chi connectivity index (χ1n) is 10.8. The highest BCUT2D eigenvalue weighted by Gasteiger charge is 2.23. The van der Waals surface area contributed by atoms with Crippen LogP contribution in [0.15, 0.2) is 71.2 Å². The van der Waals surface area contributed by atoms with Crippen LogP contribution in [-0.4, -0.2) is 45.9 Å². The lowest BCUT2D eigenvalue weighted by molar-refractivity contribution is -0.117. The van der Waals surface area contributed by atoms with Gasteiger partial charge in [-0.3, -0.25) is 14.2 Å². The largest absolute Gasteiger partial charge is 0.495 e. The van der Waals surface area contributed by atoms with E-state index in [1.54, 1.807) is 35.5 Å². The van der Waals surface area contributed by atoms with E-state index in [2.05, 4.69) is 10.2 Å². The monoisotopic (exact) mass is 490 g/mol. The Kier molecular flexibility index (Phi) is 6.46. The van der Waals surface area contributed by atoms with Gasteiger partial charge >= 0.3 is 0 Å². The number of methoxy groups -OCH3 is 1. The van der Waals surface area contributed by atoms with E-state index in [0.717, 1.165) is 22.7 Å². The Hall–Kier alpha value is -3.43. The number of nitrogens with zero attached hydrogens (tertiary/aromatic N) is 4. The van der Waals surface area contributed by atoms with Crippen molar-refractivity contribution in [3.8, 4) is 22.1 Å². The van der Waals surface area contributed by atoms with Crippen LogP contribution >= 0.6 is 23.1 Å². The molecule has 0 bridgehead atoms. The van der Waals surface area contributed by atoms with Crippen LogP contribution in [-0.2, 0) is 4.79 Å². The van der Waals surface area contributed by atoms with Crippen molar-refractivity contribution in [1.82, 2.24) is 14.8 Å². The molecule has 0 saturated carbocycles. The van der Waals surface area contributed by atoms with Gasteiger partial charge in [-0.25, -0.2) is 0 Å². The second kappa shape index (κ2) is 9.82. The minimum atomic E-state index is -0.0363. The fourth-order valence-corrected chi connectivity index (χ4v) is 5.48. The van der Waals surface area contributed by atoms with E-state index in [9.17, 15) is 9.59 Å². The highest BCUT2D eigenvalue weighted by atomic mass is 32.2. The number of rotatable bonds is 8. The molecule has 1 aliphatic rings. The lowest BCUT2D eigenvalue weighted by atomic mass is 10.1. The first-order chi connectivity index (χ1) is 16.7. The highest BCUT2D eigenvalue weighted by molar-refractivity contribution is 7.99. The van der Waals surface area contributed by atoms with Crippen LogP contribution in [0.1, 0.15) is 23.2 Å². The zero-order valence-corrected chi connectivity index (χ0v) is 20.1. The third-order valence-electron chi connectivity index (χ3n) is 5.59. The Morgan fingerprint density at radius 1 is 1.12 bits per heavy atom. The molecular weight excluding hydrogens is 468 g/mol. The fourth-order valence-electron chi connectivity index (χ4n) is 3.94. The molecule has 34 heavy (non-hydrogen) atoms. The van der Waals surface area contributed by atoms with Crippen LogP contribution in [0.3, 0.4) is 0 Å². The Morgan fingerprint density at radius 2 is 2.00 bits per heavy atom. The van der Waals surface area contributed by atoms with Crippen LogP contribution in [0.25, 0.3) is 16.4 Å². The van der Waals surface area contributed by atoms with Crippen molar-refractivity contribution in [3.63, 3.8) is 0 Å². The molecule has 9 heteroatoms. The average molecular weight is 491 g/mol. The van der Waals surface area contributed by atoms with Crippen molar-refractivity contribution >= 4 is 40.5 Å². The first-order valence-corrected chi connectivity index (χ1v) is 12.7. The molecule has 0 spiro atoms. The second-order valence-corrected chi connectivity index (χ2v) is 9.59. The fraction of sp³-hybridized carbons (Fsp3) is 0.200. The van der Waals surface area contributed by atoms with Gasteiger partial charge < -0.3 is 9.64 Å². The summed E-state index contributed by atoms with van der Waals surface area (Å²) in [7, 11) is 1.63. The topological polar surface area (TPSA) is 77.3 Å². The van der Waals surface area contributed by atoms with Gasteiger partial charge in [0.1, 0.15) is 5.75 Å². The number of para-hydroxylation sites is 2. The van der Waals surface area contributed by atoms with Crippen LogP contribution in [0.2, 0.25) is 0 Å². The van der Waals surface area contributed by atoms with E-state index < -0.39 is 0 Å². The van der Waals surface area contributed by atoms with Crippen molar-refractivity contribution in [1.29, 1.82) is 0 Å². The van der Waals surface area contributed by atoms with Gasteiger partial charge in [0.15, 0.2) is 16.8 Å². The van der Waals surface area contributed by atoms with Gasteiger partial charge in [0.2, 0.25) is 5.91 Å². The molecule has 0 radical (unpaired) electrons. The van der Waals surface area contributed by atoms with Crippen molar-refractivity contribution in [2.45, 2.75) is 18.0 Å². The molecule has 1 amide bonds. The molecule has 4 aromatic rings. The molecule has 5 rings (SSSR count). The number of benzene rings is 2. The zero-order valence-electron chi connectivity index (χ0n) is 18.5. The maximum Gasteiger partial charge on any atom is 0.227 e. The number of hydrogen-bond donors (Lipinski definition) is 0. The third kappa shape index (κ3) is 4.36. The lowest BCUT2D eigenvalue weighted by Crippen LogP contribution is -2.23. The number of ether oxygens (including phenoxy) is 1. The Morgan fingerprint density at radius 3 is 2.76 bits per heavy atom. The minimum absolute atomic E-state index is 0.0363. The molecule has 0 N–H and O–H groups in total. The Balaban J connectivity index is 1.42. The summed E-state index contributed by atoms with van der Waals surface area (Å²) in [6.45, 7) is 0.693. The Bertz CT molecular complexity index is 1330. The molecule has 2 aromatic carbocycles. The van der Waals surface area contributed by atoms with Crippen molar-refractivity contribution in [2.75, 3.05) is 24.3 Å². The summed E-state index contributed by atoms with van der Waals surface area (Å²) in [5.74, 6) is 1.64. The van der Waals surface area contributed by atoms with Gasteiger partial charge in [-0.15, -0.1) is 21.5 Å². The smallest absolute Gasteiger partial charge is 0.227 e. The minimum Gasteiger partial charge on any atom is -0.495 e. The number of thioether (sulfide) groups is 1. The van der Waals surface area contributed by atoms with Crippen LogP contribution in [0.4, 0.5) is 5.69 Å². The highest BCUT2D eigenvalue weighted by Crippen LogP contribution is 2.34. The van der Waals surface area contributed by atoms with E-state index in [1.165, 1.54) is 11.8 Å². The number of amides is 1. The van der Waals surface area contributed by atoms with E-state index in [-0.39, 0.29) is 17.4 Å². The number of aromatic nitrogens is 3. The number of carbonyl (C=O) groups is 2. The summed E-state index contributed by atoms with van der Waals surface area (Å²) in [5, 5.41) is 11.4. The molecule has 1 fully saturated rings. The molecule has 3 heterocycles. The van der Waals surface area contributed by atoms with Gasteiger partial charge in [-0.1, -0.05) is 42.1 Å². The number of carbonyl (C=O) groups excluding carboxylic acids is 2. The molecule has 2 aromatic heterocycles. The van der Waals surface area contributed by atoms with Crippen LogP contribution in [0, 0.1) is 0 Å². The maximum absolute atomic E-state index is 13.1. The lowest BCUT2D eigenvalue weighted by Gasteiger charge is -2.16. The number of thiophene rings is 1. The van der Waals surface area contributed by atoms with Crippen molar-refractivity contribution in [2.24, 2.45) is 0 Å². The predicted molar refractivity (Wildman–Crippen MR) is 134 cm³/mol. The van der Waals surface area contributed by atoms with E-state index >= 15 is 0 Å².